The van der Waals surface area contributed by atoms with Crippen LogP contribution in [0.5, 0.6) is 11.5 Å². The van der Waals surface area contributed by atoms with Crippen molar-refractivity contribution in [1.82, 2.24) is 25.6 Å². The van der Waals surface area contributed by atoms with Crippen LogP contribution < -0.4 is 26.2 Å². The predicted molar refractivity (Wildman–Crippen MR) is 157 cm³/mol. The van der Waals surface area contributed by atoms with Crippen LogP contribution in [-0.4, -0.2) is 65.7 Å². The molecule has 1 saturated heterocycles. The van der Waals surface area contributed by atoms with Crippen molar-refractivity contribution in [3.05, 3.63) is 84.2 Å². The van der Waals surface area contributed by atoms with Crippen LogP contribution in [0.2, 0.25) is 0 Å². The van der Waals surface area contributed by atoms with Gasteiger partial charge >= 0.3 is 0 Å². The number of rotatable bonds is 8. The Morgan fingerprint density at radius 3 is 2.51 bits per heavy atom. The lowest BCUT2D eigenvalue weighted by molar-refractivity contribution is -0.117. The number of aromatic nitrogens is 2. The second-order valence-corrected chi connectivity index (χ2v) is 10.7. The topological polar surface area (TPSA) is 118 Å². The molecule has 3 aliphatic rings. The van der Waals surface area contributed by atoms with Gasteiger partial charge in [0.2, 0.25) is 5.91 Å². The first kappa shape index (κ1) is 27.2. The molecule has 2 aromatic carbocycles. The van der Waals surface area contributed by atoms with Gasteiger partial charge in [0.05, 0.1) is 24.8 Å². The maximum Gasteiger partial charge on any atom is 0.243 e. The van der Waals surface area contributed by atoms with Crippen LogP contribution in [0.4, 0.5) is 11.6 Å². The Hall–Kier alpha value is -3.99. The van der Waals surface area contributed by atoms with E-state index in [4.69, 9.17) is 15.2 Å². The summed E-state index contributed by atoms with van der Waals surface area (Å²) in [5.41, 5.74) is 12.0. The van der Waals surface area contributed by atoms with E-state index in [0.717, 1.165) is 87.0 Å². The van der Waals surface area contributed by atoms with E-state index in [1.807, 2.05) is 48.5 Å². The van der Waals surface area contributed by atoms with Crippen molar-refractivity contribution < 1.29 is 14.3 Å². The van der Waals surface area contributed by atoms with Gasteiger partial charge in [0, 0.05) is 37.8 Å². The average molecular weight is 556 g/mol. The maximum absolute atomic E-state index is 12.5. The second kappa shape index (κ2) is 12.7. The molecule has 214 valence electrons. The van der Waals surface area contributed by atoms with Crippen LogP contribution >= 0.6 is 0 Å². The Morgan fingerprint density at radius 2 is 1.76 bits per heavy atom. The van der Waals surface area contributed by atoms with Crippen LogP contribution in [0.15, 0.2) is 73.1 Å². The molecule has 1 aromatic heterocycles. The number of carbonyl (C=O) groups is 1. The molecule has 1 amide bonds. The highest BCUT2D eigenvalue weighted by molar-refractivity contribution is 5.87. The van der Waals surface area contributed by atoms with Crippen LogP contribution in [0.1, 0.15) is 42.9 Å². The molecule has 0 bridgehead atoms. The molecule has 0 radical (unpaired) electrons. The highest BCUT2D eigenvalue weighted by Crippen LogP contribution is 2.41. The Balaban J connectivity index is 1.06. The van der Waals surface area contributed by atoms with E-state index >= 15 is 0 Å². The van der Waals surface area contributed by atoms with Crippen LogP contribution in [0, 0.1) is 0 Å². The van der Waals surface area contributed by atoms with Crippen LogP contribution in [0.3, 0.4) is 0 Å². The number of carbonyl (C=O) groups excluding carboxylic acids is 1. The fourth-order valence-corrected chi connectivity index (χ4v) is 5.83. The monoisotopic (exact) mass is 555 g/mol. The summed E-state index contributed by atoms with van der Waals surface area (Å²) in [6, 6.07) is 18.0. The van der Waals surface area contributed by atoms with Gasteiger partial charge in [-0.3, -0.25) is 14.7 Å². The van der Waals surface area contributed by atoms with Gasteiger partial charge in [0.1, 0.15) is 23.6 Å². The number of para-hydroxylation sites is 1. The highest BCUT2D eigenvalue weighted by atomic mass is 16.5. The number of nitrogen functional groups attached to an aromatic ring is 1. The van der Waals surface area contributed by atoms with E-state index in [-0.39, 0.29) is 24.0 Å². The molecule has 1 saturated carbocycles. The molecule has 3 heterocycles. The van der Waals surface area contributed by atoms with Gasteiger partial charge in [-0.05, 0) is 55.5 Å². The number of anilines is 2. The molecule has 0 spiro atoms. The van der Waals surface area contributed by atoms with Gasteiger partial charge < -0.3 is 20.5 Å². The lowest BCUT2D eigenvalue weighted by Crippen LogP contribution is -2.48. The minimum atomic E-state index is -0.161. The molecule has 6 rings (SSSR count). The van der Waals surface area contributed by atoms with Crippen LogP contribution in [0.25, 0.3) is 0 Å². The van der Waals surface area contributed by atoms with Gasteiger partial charge in [0.15, 0.2) is 5.82 Å². The number of hydrazine groups is 1. The van der Waals surface area contributed by atoms with Crippen molar-refractivity contribution in [2.75, 3.05) is 43.6 Å². The summed E-state index contributed by atoms with van der Waals surface area (Å²) in [5, 5.41) is 5.35. The molecule has 2 aliphatic heterocycles. The predicted octanol–water partition coefficient (Wildman–Crippen LogP) is 3.58. The quantitative estimate of drug-likeness (QED) is 0.359. The Kier molecular flexibility index (Phi) is 8.41. The van der Waals surface area contributed by atoms with E-state index in [1.165, 1.54) is 6.33 Å². The van der Waals surface area contributed by atoms with Gasteiger partial charge in [-0.25, -0.2) is 15.4 Å². The first-order valence-corrected chi connectivity index (χ1v) is 14.4. The van der Waals surface area contributed by atoms with E-state index in [1.54, 1.807) is 6.08 Å². The van der Waals surface area contributed by atoms with Gasteiger partial charge in [-0.15, -0.1) is 0 Å². The fourth-order valence-electron chi connectivity index (χ4n) is 5.83. The van der Waals surface area contributed by atoms with E-state index in [2.05, 4.69) is 42.8 Å². The molecule has 1 unspecified atom stereocenters. The van der Waals surface area contributed by atoms with Crippen molar-refractivity contribution in [3.63, 3.8) is 0 Å². The largest absolute Gasteiger partial charge is 0.457 e. The third-order valence-corrected chi connectivity index (χ3v) is 8.02. The highest BCUT2D eigenvalue weighted by Gasteiger charge is 2.38. The van der Waals surface area contributed by atoms with E-state index in [0.29, 0.717) is 5.82 Å². The smallest absolute Gasteiger partial charge is 0.243 e. The first-order valence-electron chi connectivity index (χ1n) is 14.4. The van der Waals surface area contributed by atoms with Gasteiger partial charge in [-0.2, -0.15) is 0 Å². The molecule has 3 aromatic rings. The number of morpholine rings is 1. The normalized spacial score (nSPS) is 22.9. The third-order valence-electron chi connectivity index (χ3n) is 8.02. The molecule has 2 fully saturated rings. The minimum absolute atomic E-state index is 0.0216. The number of hydrogen-bond donors (Lipinski definition) is 3. The van der Waals surface area contributed by atoms with Crippen LogP contribution in [-0.2, 0) is 9.53 Å². The summed E-state index contributed by atoms with van der Waals surface area (Å²) in [6.07, 6.45) is 8.79. The number of benzene rings is 2. The number of nitrogens with zero attached hydrogens (tertiary/aromatic N) is 4. The number of fused-ring (bicyclic) bond motifs is 1. The van der Waals surface area contributed by atoms with Crippen molar-refractivity contribution in [2.24, 2.45) is 0 Å². The number of nitrogens with one attached hydrogen (secondary N) is 2. The summed E-state index contributed by atoms with van der Waals surface area (Å²) in [4.78, 5) is 23.7. The Bertz CT molecular complexity index is 1340. The SMILES string of the molecule is Nc1ncnc2c1C(c1ccc(Oc3ccccc3)cc1)NN2C1CCC(NC(=O)/C=C/CN2CCOCC2)CC1. The summed E-state index contributed by atoms with van der Waals surface area (Å²) in [7, 11) is 0. The number of nitrogens with two attached hydrogens (primary N) is 1. The molecular weight excluding hydrogens is 518 g/mol. The zero-order valence-corrected chi connectivity index (χ0v) is 23.1. The first-order chi connectivity index (χ1) is 20.1. The Labute approximate surface area is 240 Å². The standard InChI is InChI=1S/C31H37N7O3/c32-30-28-29(22-8-14-26(15-9-22)41-25-5-2-1-3-6-25)36-38(31(28)34-21-33-30)24-12-10-23(11-13-24)35-27(39)7-4-16-37-17-19-40-20-18-37/h1-9,14-15,21,23-24,29,36H,10-13,16-20H2,(H,35,39)(H2,32,33,34)/b7-4+. The zero-order chi connectivity index (χ0) is 28.0. The van der Waals surface area contributed by atoms with Crippen molar-refractivity contribution in [3.8, 4) is 11.5 Å². The summed E-state index contributed by atoms with van der Waals surface area (Å²) < 4.78 is 11.3. The maximum atomic E-state index is 12.5. The van der Waals surface area contributed by atoms with Gasteiger partial charge in [-0.1, -0.05) is 36.4 Å². The Morgan fingerprint density at radius 1 is 1.02 bits per heavy atom. The van der Waals surface area contributed by atoms with Crippen molar-refractivity contribution in [1.29, 1.82) is 0 Å². The van der Waals surface area contributed by atoms with Crippen molar-refractivity contribution >= 4 is 17.5 Å². The summed E-state index contributed by atoms with van der Waals surface area (Å²) in [5.74, 6) is 2.84. The molecule has 10 nitrogen and oxygen atoms in total. The lowest BCUT2D eigenvalue weighted by Gasteiger charge is -2.35. The lowest BCUT2D eigenvalue weighted by atomic mass is 9.90. The summed E-state index contributed by atoms with van der Waals surface area (Å²) >= 11 is 0. The summed E-state index contributed by atoms with van der Waals surface area (Å²) in [6.45, 7) is 4.12. The van der Waals surface area contributed by atoms with Gasteiger partial charge in [0.25, 0.3) is 0 Å². The average Bonchev–Trinajstić information content (AvgIpc) is 3.40. The number of amides is 1. The molecule has 10 heteroatoms. The third kappa shape index (κ3) is 6.51. The second-order valence-electron chi connectivity index (χ2n) is 10.7. The van der Waals surface area contributed by atoms with E-state index < -0.39 is 0 Å². The molecular formula is C31H37N7O3. The fraction of sp³-hybridized carbons (Fsp3) is 0.387. The molecule has 1 aliphatic carbocycles. The van der Waals surface area contributed by atoms with E-state index in [9.17, 15) is 4.79 Å². The number of ether oxygens (including phenoxy) is 2. The molecule has 41 heavy (non-hydrogen) atoms. The number of hydrogen-bond acceptors (Lipinski definition) is 9. The molecule has 1 atom stereocenters. The zero-order valence-electron chi connectivity index (χ0n) is 23.1. The minimum Gasteiger partial charge on any atom is -0.457 e. The molecule has 4 N–H and O–H groups in total. The van der Waals surface area contributed by atoms with Crippen molar-refractivity contribution in [2.45, 2.75) is 43.8 Å².